The molecule has 4 heterocycles. The molecule has 5 nitrogen and oxygen atoms in total. The van der Waals surface area contributed by atoms with Gasteiger partial charge in [-0.1, -0.05) is 12.1 Å². The largest absolute Gasteiger partial charge is 0.494 e. The molecular weight excluding hydrogens is 353 g/mol. The Hall–Kier alpha value is -1.08. The van der Waals surface area contributed by atoms with Gasteiger partial charge in [0.25, 0.3) is 0 Å². The standard InChI is InChI=1S/C22H32BNO4/c1-21(2)22(3,4)28-23(27-21)15-5-9-19(10-6-15)26-20-11-16-7-8-17(12-20)24(16)18-13-25-14-18/h5-6,9-10,16-18,20H,7-8,11-14H2,1-4H3/t16-,17+,20?. The van der Waals surface area contributed by atoms with E-state index in [1.807, 2.05) is 0 Å². The number of nitrogens with zero attached hydrogens (tertiary/aromatic N) is 1. The van der Waals surface area contributed by atoms with E-state index < -0.39 is 0 Å². The lowest BCUT2D eigenvalue weighted by Gasteiger charge is -2.46. The summed E-state index contributed by atoms with van der Waals surface area (Å²) in [6.45, 7) is 10.2. The van der Waals surface area contributed by atoms with Crippen LogP contribution in [0.2, 0.25) is 0 Å². The maximum Gasteiger partial charge on any atom is 0.494 e. The Bertz CT molecular complexity index is 688. The fourth-order valence-electron chi connectivity index (χ4n) is 5.13. The summed E-state index contributed by atoms with van der Waals surface area (Å²) in [5, 5.41) is 0. The van der Waals surface area contributed by atoms with Gasteiger partial charge in [0.2, 0.25) is 0 Å². The van der Waals surface area contributed by atoms with E-state index in [1.54, 1.807) is 0 Å². The molecular formula is C22H32BNO4. The third-order valence-electron chi connectivity index (χ3n) is 7.50. The highest BCUT2D eigenvalue weighted by atomic mass is 16.7. The average Bonchev–Trinajstić information content (AvgIpc) is 2.95. The van der Waals surface area contributed by atoms with E-state index in [9.17, 15) is 0 Å². The zero-order valence-corrected chi connectivity index (χ0v) is 17.5. The molecule has 1 aromatic carbocycles. The van der Waals surface area contributed by atoms with Crippen LogP contribution in [0, 0.1) is 0 Å². The lowest BCUT2D eigenvalue weighted by molar-refractivity contribution is -0.102. The van der Waals surface area contributed by atoms with E-state index >= 15 is 0 Å². The van der Waals surface area contributed by atoms with Crippen LogP contribution >= 0.6 is 0 Å². The molecule has 1 unspecified atom stereocenters. The predicted molar refractivity (Wildman–Crippen MR) is 109 cm³/mol. The number of piperidine rings is 1. The molecule has 5 rings (SSSR count). The first-order valence-electron chi connectivity index (χ1n) is 10.8. The van der Waals surface area contributed by atoms with Crippen LogP contribution in [-0.2, 0) is 14.0 Å². The lowest BCUT2D eigenvalue weighted by atomic mass is 9.79. The summed E-state index contributed by atoms with van der Waals surface area (Å²) < 4.78 is 24.1. The molecule has 0 spiro atoms. The Balaban J connectivity index is 1.21. The zero-order valence-electron chi connectivity index (χ0n) is 17.5. The molecule has 0 aliphatic carbocycles. The normalized spacial score (nSPS) is 34.4. The first-order chi connectivity index (χ1) is 13.3. The van der Waals surface area contributed by atoms with Crippen molar-refractivity contribution in [3.63, 3.8) is 0 Å². The van der Waals surface area contributed by atoms with E-state index in [1.165, 1.54) is 12.8 Å². The molecule has 2 bridgehead atoms. The van der Waals surface area contributed by atoms with E-state index in [-0.39, 0.29) is 18.3 Å². The lowest BCUT2D eigenvalue weighted by Crippen LogP contribution is -2.57. The third kappa shape index (κ3) is 3.19. The van der Waals surface area contributed by atoms with Crippen molar-refractivity contribution in [3.05, 3.63) is 24.3 Å². The summed E-state index contributed by atoms with van der Waals surface area (Å²) >= 11 is 0. The van der Waals surface area contributed by atoms with Crippen molar-refractivity contribution in [1.82, 2.24) is 4.90 Å². The number of rotatable bonds is 4. The number of hydrogen-bond acceptors (Lipinski definition) is 5. The van der Waals surface area contributed by atoms with Gasteiger partial charge in [0.1, 0.15) is 11.9 Å². The summed E-state index contributed by atoms with van der Waals surface area (Å²) in [5.74, 6) is 0.949. The molecule has 0 saturated carbocycles. The highest BCUT2D eigenvalue weighted by Crippen LogP contribution is 2.40. The first-order valence-corrected chi connectivity index (χ1v) is 10.8. The first kappa shape index (κ1) is 18.9. The summed E-state index contributed by atoms with van der Waals surface area (Å²) in [5.41, 5.74) is 0.419. The van der Waals surface area contributed by atoms with Gasteiger partial charge in [-0.05, 0) is 71.0 Å². The van der Waals surface area contributed by atoms with Gasteiger partial charge < -0.3 is 18.8 Å². The molecule has 28 heavy (non-hydrogen) atoms. The van der Waals surface area contributed by atoms with Gasteiger partial charge in [0.15, 0.2) is 0 Å². The van der Waals surface area contributed by atoms with Crippen LogP contribution in [-0.4, -0.2) is 60.7 Å². The molecule has 152 valence electrons. The van der Waals surface area contributed by atoms with Crippen molar-refractivity contribution in [1.29, 1.82) is 0 Å². The molecule has 6 heteroatoms. The van der Waals surface area contributed by atoms with E-state index in [0.29, 0.717) is 24.2 Å². The smallest absolute Gasteiger partial charge is 0.490 e. The Morgan fingerprint density at radius 1 is 0.893 bits per heavy atom. The minimum Gasteiger partial charge on any atom is -0.490 e. The Labute approximate surface area is 168 Å². The monoisotopic (exact) mass is 385 g/mol. The number of ether oxygens (including phenoxy) is 2. The topological polar surface area (TPSA) is 40.2 Å². The fraction of sp³-hybridized carbons (Fsp3) is 0.727. The molecule has 0 N–H and O–H groups in total. The summed E-state index contributed by atoms with van der Waals surface area (Å²) in [4.78, 5) is 2.73. The maximum absolute atomic E-state index is 6.38. The Morgan fingerprint density at radius 3 is 1.96 bits per heavy atom. The predicted octanol–water partition coefficient (Wildman–Crippen LogP) is 2.76. The molecule has 4 aliphatic rings. The van der Waals surface area contributed by atoms with Gasteiger partial charge in [-0.2, -0.15) is 0 Å². The Morgan fingerprint density at radius 2 is 1.46 bits per heavy atom. The van der Waals surface area contributed by atoms with Gasteiger partial charge >= 0.3 is 7.12 Å². The van der Waals surface area contributed by atoms with E-state index in [2.05, 4.69) is 56.9 Å². The SMILES string of the molecule is CC1(C)OB(c2ccc(OC3C[C@H]4CC[C@@H](C3)N4C3COC3)cc2)OC1(C)C. The van der Waals surface area contributed by atoms with Gasteiger partial charge in [-0.15, -0.1) is 0 Å². The second kappa shape index (κ2) is 6.73. The second-order valence-corrected chi connectivity index (χ2v) is 9.89. The van der Waals surface area contributed by atoms with Gasteiger partial charge in [-0.3, -0.25) is 4.90 Å². The van der Waals surface area contributed by atoms with Gasteiger partial charge in [0, 0.05) is 12.1 Å². The highest BCUT2D eigenvalue weighted by Gasteiger charge is 2.51. The van der Waals surface area contributed by atoms with Crippen LogP contribution in [0.25, 0.3) is 0 Å². The number of fused-ring (bicyclic) bond motifs is 2. The molecule has 4 fully saturated rings. The summed E-state index contributed by atoms with van der Waals surface area (Å²) in [6.07, 6.45) is 5.19. The van der Waals surface area contributed by atoms with E-state index in [4.69, 9.17) is 18.8 Å². The van der Waals surface area contributed by atoms with Crippen molar-refractivity contribution >= 4 is 12.6 Å². The van der Waals surface area contributed by atoms with Crippen LogP contribution in [0.1, 0.15) is 53.4 Å². The van der Waals surface area contributed by atoms with Gasteiger partial charge in [0.05, 0.1) is 30.5 Å². The molecule has 0 amide bonds. The van der Waals surface area contributed by atoms with Crippen LogP contribution in [0.3, 0.4) is 0 Å². The van der Waals surface area contributed by atoms with Gasteiger partial charge in [-0.25, -0.2) is 0 Å². The Kier molecular flexibility index (Phi) is 4.55. The van der Waals surface area contributed by atoms with Crippen LogP contribution in [0.5, 0.6) is 5.75 Å². The van der Waals surface area contributed by atoms with Crippen molar-refractivity contribution in [2.24, 2.45) is 0 Å². The minimum atomic E-state index is -0.317. The summed E-state index contributed by atoms with van der Waals surface area (Å²) in [6, 6.07) is 10.3. The number of hydrogen-bond donors (Lipinski definition) is 0. The average molecular weight is 385 g/mol. The molecule has 3 atom stereocenters. The zero-order chi connectivity index (χ0) is 19.5. The van der Waals surface area contributed by atoms with Crippen molar-refractivity contribution in [2.75, 3.05) is 13.2 Å². The molecule has 4 saturated heterocycles. The van der Waals surface area contributed by atoms with Crippen LogP contribution in [0.4, 0.5) is 0 Å². The summed E-state index contributed by atoms with van der Waals surface area (Å²) in [7, 11) is -0.317. The fourth-order valence-corrected chi connectivity index (χ4v) is 5.13. The van der Waals surface area contributed by atoms with Crippen LogP contribution in [0.15, 0.2) is 24.3 Å². The maximum atomic E-state index is 6.38. The second-order valence-electron chi connectivity index (χ2n) is 9.89. The molecule has 0 aromatic heterocycles. The molecule has 1 aromatic rings. The minimum absolute atomic E-state index is 0.314. The van der Waals surface area contributed by atoms with Crippen LogP contribution < -0.4 is 10.2 Å². The molecule has 0 radical (unpaired) electrons. The highest BCUT2D eigenvalue weighted by molar-refractivity contribution is 6.62. The van der Waals surface area contributed by atoms with E-state index in [0.717, 1.165) is 37.3 Å². The molecule has 4 aliphatic heterocycles. The number of benzene rings is 1. The van der Waals surface area contributed by atoms with Crippen molar-refractivity contribution < 1.29 is 18.8 Å². The third-order valence-corrected chi connectivity index (χ3v) is 7.50. The van der Waals surface area contributed by atoms with Crippen molar-refractivity contribution in [2.45, 2.75) is 88.8 Å². The van der Waals surface area contributed by atoms with Crippen molar-refractivity contribution in [3.8, 4) is 5.75 Å². The quantitative estimate of drug-likeness (QED) is 0.746.